The molecule has 2 heterocycles. The molecule has 0 amide bonds. The fourth-order valence-corrected chi connectivity index (χ4v) is 2.23. The lowest BCUT2D eigenvalue weighted by Crippen LogP contribution is -2.42. The fraction of sp³-hybridized carbons (Fsp3) is 0.875. The first-order chi connectivity index (χ1) is 5.31. The molecule has 3 heteroatoms. The van der Waals surface area contributed by atoms with Crippen LogP contribution in [0.3, 0.4) is 0 Å². The summed E-state index contributed by atoms with van der Waals surface area (Å²) in [5.41, 5.74) is 0. The Kier molecular flexibility index (Phi) is 1.69. The van der Waals surface area contributed by atoms with Gasteiger partial charge in [0.1, 0.15) is 5.78 Å². The number of hydrogen-bond donors (Lipinski definition) is 0. The fourth-order valence-electron chi connectivity index (χ4n) is 2.23. The summed E-state index contributed by atoms with van der Waals surface area (Å²) in [7, 11) is 1.70. The number of Topliss-reactive ketones (excluding diaryl/α,β-unsaturated/α-hetero) is 1. The SMILES string of the molecule is CON1C2CCC1CC(=O)C2. The van der Waals surface area contributed by atoms with Crippen LogP contribution in [0.1, 0.15) is 25.7 Å². The highest BCUT2D eigenvalue weighted by Crippen LogP contribution is 2.33. The van der Waals surface area contributed by atoms with Crippen molar-refractivity contribution in [2.24, 2.45) is 0 Å². The molecule has 0 radical (unpaired) electrons. The molecule has 2 fully saturated rings. The summed E-state index contributed by atoms with van der Waals surface area (Å²) >= 11 is 0. The van der Waals surface area contributed by atoms with Crippen molar-refractivity contribution in [1.29, 1.82) is 0 Å². The van der Waals surface area contributed by atoms with E-state index in [1.807, 2.05) is 5.06 Å². The Hall–Kier alpha value is -0.410. The molecule has 3 nitrogen and oxygen atoms in total. The highest BCUT2D eigenvalue weighted by atomic mass is 16.7. The van der Waals surface area contributed by atoms with Crippen LogP contribution in [0.5, 0.6) is 0 Å². The van der Waals surface area contributed by atoms with Crippen LogP contribution in [0, 0.1) is 0 Å². The first-order valence-corrected chi connectivity index (χ1v) is 4.15. The summed E-state index contributed by atoms with van der Waals surface area (Å²) in [5, 5.41) is 2.00. The Morgan fingerprint density at radius 2 is 1.91 bits per heavy atom. The van der Waals surface area contributed by atoms with Gasteiger partial charge in [-0.2, -0.15) is 5.06 Å². The monoisotopic (exact) mass is 155 g/mol. The Labute approximate surface area is 66.3 Å². The van der Waals surface area contributed by atoms with Gasteiger partial charge in [0.15, 0.2) is 0 Å². The maximum absolute atomic E-state index is 11.1. The number of fused-ring (bicyclic) bond motifs is 2. The van der Waals surface area contributed by atoms with Crippen LogP contribution in [-0.2, 0) is 9.63 Å². The molecule has 11 heavy (non-hydrogen) atoms. The lowest BCUT2D eigenvalue weighted by atomic mass is 10.0. The smallest absolute Gasteiger partial charge is 0.136 e. The Morgan fingerprint density at radius 3 is 2.36 bits per heavy atom. The van der Waals surface area contributed by atoms with Crippen LogP contribution < -0.4 is 0 Å². The van der Waals surface area contributed by atoms with E-state index in [-0.39, 0.29) is 0 Å². The van der Waals surface area contributed by atoms with Crippen molar-refractivity contribution in [3.05, 3.63) is 0 Å². The average Bonchev–Trinajstić information content (AvgIpc) is 2.23. The van der Waals surface area contributed by atoms with Gasteiger partial charge in [-0.3, -0.25) is 4.79 Å². The highest BCUT2D eigenvalue weighted by Gasteiger charge is 2.40. The second-order valence-electron chi connectivity index (χ2n) is 3.37. The summed E-state index contributed by atoms with van der Waals surface area (Å²) < 4.78 is 0. The van der Waals surface area contributed by atoms with Crippen LogP contribution in [-0.4, -0.2) is 30.0 Å². The lowest BCUT2D eigenvalue weighted by molar-refractivity contribution is -0.184. The number of carbonyl (C=O) groups is 1. The van der Waals surface area contributed by atoms with Gasteiger partial charge < -0.3 is 4.84 Å². The van der Waals surface area contributed by atoms with Crippen molar-refractivity contribution in [1.82, 2.24) is 5.06 Å². The minimum absolute atomic E-state index is 0.381. The van der Waals surface area contributed by atoms with Gasteiger partial charge in [0, 0.05) is 24.9 Å². The number of carbonyl (C=O) groups excluding carboxylic acids is 1. The van der Waals surface area contributed by atoms with Crippen LogP contribution in [0.4, 0.5) is 0 Å². The zero-order chi connectivity index (χ0) is 7.84. The molecule has 2 saturated heterocycles. The minimum Gasteiger partial charge on any atom is -0.302 e. The predicted octanol–water partition coefficient (Wildman–Crippen LogP) is 0.744. The van der Waals surface area contributed by atoms with E-state index in [1.165, 1.54) is 0 Å². The van der Waals surface area contributed by atoms with Gasteiger partial charge in [0.25, 0.3) is 0 Å². The van der Waals surface area contributed by atoms with Crippen LogP contribution in [0.25, 0.3) is 0 Å². The number of ketones is 1. The van der Waals surface area contributed by atoms with E-state index in [2.05, 4.69) is 0 Å². The Bertz CT molecular complexity index is 165. The molecule has 0 N–H and O–H groups in total. The topological polar surface area (TPSA) is 29.5 Å². The molecular formula is C8H13NO2. The zero-order valence-corrected chi connectivity index (χ0v) is 6.75. The van der Waals surface area contributed by atoms with Crippen molar-refractivity contribution in [2.45, 2.75) is 37.8 Å². The second-order valence-corrected chi connectivity index (χ2v) is 3.37. The van der Waals surface area contributed by atoms with Crippen LogP contribution in [0.15, 0.2) is 0 Å². The molecule has 2 unspecified atom stereocenters. The first-order valence-electron chi connectivity index (χ1n) is 4.15. The quantitative estimate of drug-likeness (QED) is 0.559. The van der Waals surface area contributed by atoms with Gasteiger partial charge in [0.05, 0.1) is 7.11 Å². The number of hydrogen-bond acceptors (Lipinski definition) is 3. The summed E-state index contributed by atoms with van der Waals surface area (Å²) in [6.45, 7) is 0. The van der Waals surface area contributed by atoms with E-state index in [1.54, 1.807) is 7.11 Å². The highest BCUT2D eigenvalue weighted by molar-refractivity contribution is 5.80. The van der Waals surface area contributed by atoms with Crippen molar-refractivity contribution in [3.8, 4) is 0 Å². The Balaban J connectivity index is 2.12. The molecule has 0 saturated carbocycles. The number of piperidine rings is 1. The molecule has 2 atom stereocenters. The molecule has 0 aromatic rings. The number of nitrogens with zero attached hydrogens (tertiary/aromatic N) is 1. The van der Waals surface area contributed by atoms with Crippen molar-refractivity contribution in [2.75, 3.05) is 7.11 Å². The summed E-state index contributed by atoms with van der Waals surface area (Å²) in [5.74, 6) is 0.408. The van der Waals surface area contributed by atoms with Gasteiger partial charge in [-0.15, -0.1) is 0 Å². The van der Waals surface area contributed by atoms with Crippen molar-refractivity contribution >= 4 is 5.78 Å². The molecule has 0 aliphatic carbocycles. The maximum atomic E-state index is 11.1. The summed E-state index contributed by atoms with van der Waals surface area (Å²) in [4.78, 5) is 16.3. The van der Waals surface area contributed by atoms with Gasteiger partial charge >= 0.3 is 0 Å². The molecule has 0 aromatic carbocycles. The molecule has 0 spiro atoms. The Morgan fingerprint density at radius 1 is 1.36 bits per heavy atom. The third-order valence-corrected chi connectivity index (χ3v) is 2.69. The van der Waals surface area contributed by atoms with E-state index in [9.17, 15) is 4.79 Å². The zero-order valence-electron chi connectivity index (χ0n) is 6.75. The summed E-state index contributed by atoms with van der Waals surface area (Å²) in [6.07, 6.45) is 3.66. The van der Waals surface area contributed by atoms with Gasteiger partial charge in [-0.1, -0.05) is 0 Å². The molecule has 0 aromatic heterocycles. The van der Waals surface area contributed by atoms with Crippen molar-refractivity contribution in [3.63, 3.8) is 0 Å². The van der Waals surface area contributed by atoms with Crippen LogP contribution >= 0.6 is 0 Å². The minimum atomic E-state index is 0.381. The van der Waals surface area contributed by atoms with E-state index in [0.29, 0.717) is 30.7 Å². The van der Waals surface area contributed by atoms with Gasteiger partial charge in [0.2, 0.25) is 0 Å². The third-order valence-electron chi connectivity index (χ3n) is 2.69. The van der Waals surface area contributed by atoms with Gasteiger partial charge in [-0.25, -0.2) is 0 Å². The van der Waals surface area contributed by atoms with E-state index in [4.69, 9.17) is 4.84 Å². The molecule has 2 bridgehead atoms. The van der Waals surface area contributed by atoms with E-state index < -0.39 is 0 Å². The van der Waals surface area contributed by atoms with Crippen molar-refractivity contribution < 1.29 is 9.63 Å². The summed E-state index contributed by atoms with van der Waals surface area (Å²) in [6, 6.07) is 0.762. The number of hydroxylamine groups is 2. The van der Waals surface area contributed by atoms with E-state index in [0.717, 1.165) is 12.8 Å². The standard InChI is InChI=1S/C8H13NO2/c1-11-9-6-2-3-7(9)5-8(10)4-6/h6-7H,2-5H2,1H3. The lowest BCUT2D eigenvalue weighted by Gasteiger charge is -2.31. The predicted molar refractivity (Wildman–Crippen MR) is 39.9 cm³/mol. The third kappa shape index (κ3) is 1.08. The largest absolute Gasteiger partial charge is 0.302 e. The maximum Gasteiger partial charge on any atom is 0.136 e. The molecule has 62 valence electrons. The molecule has 2 rings (SSSR count). The molecule has 2 aliphatic heterocycles. The molecular weight excluding hydrogens is 142 g/mol. The molecule has 2 aliphatic rings. The average molecular weight is 155 g/mol. The number of rotatable bonds is 1. The normalized spacial score (nSPS) is 38.1. The van der Waals surface area contributed by atoms with E-state index >= 15 is 0 Å². The second kappa shape index (κ2) is 2.57. The van der Waals surface area contributed by atoms with Crippen LogP contribution in [0.2, 0.25) is 0 Å². The first kappa shape index (κ1) is 7.25. The van der Waals surface area contributed by atoms with Gasteiger partial charge in [-0.05, 0) is 12.8 Å².